The SMILES string of the molecule is CCC(CC)(Cc1c(SC(C)(C)C)c2cc(OCc3cnc(C)cn3)ccc2n1Cc1ccc(-c2ncc(F)cn2)cc1)C(=O)O. The second-order valence-corrected chi connectivity index (χ2v) is 14.4. The zero-order valence-electron chi connectivity index (χ0n) is 27.2. The number of rotatable bonds is 12. The van der Waals surface area contributed by atoms with Crippen LogP contribution in [0.2, 0.25) is 0 Å². The van der Waals surface area contributed by atoms with Gasteiger partial charge in [0.05, 0.1) is 35.4 Å². The van der Waals surface area contributed by atoms with Crippen molar-refractivity contribution in [2.24, 2.45) is 5.41 Å². The molecule has 0 unspecified atom stereocenters. The second-order valence-electron chi connectivity index (χ2n) is 12.6. The second kappa shape index (κ2) is 13.6. The van der Waals surface area contributed by atoms with E-state index in [-0.39, 0.29) is 11.4 Å². The summed E-state index contributed by atoms with van der Waals surface area (Å²) >= 11 is 1.75. The van der Waals surface area contributed by atoms with Crippen molar-refractivity contribution in [1.29, 1.82) is 0 Å². The van der Waals surface area contributed by atoms with E-state index in [1.165, 1.54) is 0 Å². The topological polar surface area (TPSA) is 103 Å². The van der Waals surface area contributed by atoms with E-state index in [0.29, 0.717) is 37.4 Å². The number of aliphatic carboxylic acids is 1. The Labute approximate surface area is 273 Å². The van der Waals surface area contributed by atoms with Gasteiger partial charge in [-0.05, 0) is 43.5 Å². The van der Waals surface area contributed by atoms with E-state index in [9.17, 15) is 14.3 Å². The quantitative estimate of drug-likeness (QED) is 0.136. The lowest BCUT2D eigenvalue weighted by Crippen LogP contribution is -2.33. The molecule has 8 nitrogen and oxygen atoms in total. The van der Waals surface area contributed by atoms with E-state index in [1.807, 2.05) is 51.1 Å². The fourth-order valence-corrected chi connectivity index (χ4v) is 6.66. The van der Waals surface area contributed by atoms with E-state index in [1.54, 1.807) is 24.2 Å². The summed E-state index contributed by atoms with van der Waals surface area (Å²) in [6, 6.07) is 13.9. The largest absolute Gasteiger partial charge is 0.487 e. The van der Waals surface area contributed by atoms with Crippen molar-refractivity contribution >= 4 is 28.6 Å². The van der Waals surface area contributed by atoms with Gasteiger partial charge in [0.2, 0.25) is 0 Å². The fourth-order valence-electron chi connectivity index (χ4n) is 5.47. The van der Waals surface area contributed by atoms with Crippen LogP contribution in [0.25, 0.3) is 22.3 Å². The maximum absolute atomic E-state index is 13.4. The van der Waals surface area contributed by atoms with Crippen molar-refractivity contribution in [3.63, 3.8) is 0 Å². The number of fused-ring (bicyclic) bond motifs is 1. The lowest BCUT2D eigenvalue weighted by atomic mass is 9.78. The van der Waals surface area contributed by atoms with Gasteiger partial charge in [-0.3, -0.25) is 14.8 Å². The summed E-state index contributed by atoms with van der Waals surface area (Å²) in [6.45, 7) is 13.1. The van der Waals surface area contributed by atoms with E-state index in [4.69, 9.17) is 4.74 Å². The zero-order valence-corrected chi connectivity index (χ0v) is 28.0. The lowest BCUT2D eigenvalue weighted by Gasteiger charge is -2.29. The fraction of sp³-hybridized carbons (Fsp3) is 0.361. The number of carboxylic acid groups (broad SMARTS) is 1. The number of aromatic nitrogens is 5. The van der Waals surface area contributed by atoms with Crippen molar-refractivity contribution in [2.45, 2.75) is 83.6 Å². The number of thioether (sulfide) groups is 1. The van der Waals surface area contributed by atoms with Crippen LogP contribution >= 0.6 is 11.8 Å². The van der Waals surface area contributed by atoms with Crippen molar-refractivity contribution in [3.05, 3.63) is 95.7 Å². The van der Waals surface area contributed by atoms with Gasteiger partial charge in [-0.1, -0.05) is 58.9 Å². The maximum atomic E-state index is 13.4. The number of carbonyl (C=O) groups is 1. The molecule has 0 atom stereocenters. The van der Waals surface area contributed by atoms with Crippen LogP contribution in [0.3, 0.4) is 0 Å². The predicted octanol–water partition coefficient (Wildman–Crippen LogP) is 8.29. The Hall–Kier alpha value is -4.31. The normalized spacial score (nSPS) is 12.1. The molecule has 1 N–H and O–H groups in total. The molecule has 0 amide bonds. The van der Waals surface area contributed by atoms with E-state index in [0.717, 1.165) is 56.4 Å². The summed E-state index contributed by atoms with van der Waals surface area (Å²) in [7, 11) is 0. The standard InChI is InChI=1S/C36H40FN5O3S/c1-7-36(8-2,34(43)44)16-31-32(46-35(4,5)6)29-15-28(45-22-27-20-38-23(3)17-39-27)13-14-30(29)42(31)21-24-9-11-25(12-10-24)33-40-18-26(37)19-41-33/h9-15,17-20H,7-8,16,21-22H2,1-6H3,(H,43,44). The highest BCUT2D eigenvalue weighted by Gasteiger charge is 2.38. The Morgan fingerprint density at radius 3 is 2.24 bits per heavy atom. The highest BCUT2D eigenvalue weighted by Crippen LogP contribution is 2.45. The monoisotopic (exact) mass is 641 g/mol. The summed E-state index contributed by atoms with van der Waals surface area (Å²) in [6.07, 6.45) is 7.17. The third kappa shape index (κ3) is 7.39. The molecular formula is C36H40FN5O3S. The molecule has 0 saturated heterocycles. The molecule has 0 aliphatic carbocycles. The summed E-state index contributed by atoms with van der Waals surface area (Å²) in [5.74, 6) is -0.114. The molecule has 0 saturated carbocycles. The molecule has 0 aliphatic rings. The zero-order chi connectivity index (χ0) is 33.1. The summed E-state index contributed by atoms with van der Waals surface area (Å²) in [5, 5.41) is 11.5. The van der Waals surface area contributed by atoms with Crippen LogP contribution in [0.4, 0.5) is 4.39 Å². The van der Waals surface area contributed by atoms with Gasteiger partial charge in [-0.15, -0.1) is 11.8 Å². The van der Waals surface area contributed by atoms with E-state index in [2.05, 4.69) is 57.4 Å². The average molecular weight is 642 g/mol. The first kappa shape index (κ1) is 33.1. The first-order valence-corrected chi connectivity index (χ1v) is 16.3. The number of halogens is 1. The van der Waals surface area contributed by atoms with E-state index < -0.39 is 17.2 Å². The van der Waals surface area contributed by atoms with Crippen LogP contribution in [0.1, 0.15) is 70.1 Å². The Kier molecular flexibility index (Phi) is 9.76. The van der Waals surface area contributed by atoms with Gasteiger partial charge in [-0.2, -0.15) is 0 Å². The molecule has 0 radical (unpaired) electrons. The van der Waals surface area contributed by atoms with Crippen molar-refractivity contribution < 1.29 is 19.0 Å². The maximum Gasteiger partial charge on any atom is 0.310 e. The first-order valence-electron chi connectivity index (χ1n) is 15.5. The molecule has 0 aliphatic heterocycles. The molecule has 10 heteroatoms. The van der Waals surface area contributed by atoms with Gasteiger partial charge in [0.15, 0.2) is 11.6 Å². The first-order chi connectivity index (χ1) is 21.9. The number of hydrogen-bond acceptors (Lipinski definition) is 7. The van der Waals surface area contributed by atoms with Crippen LogP contribution < -0.4 is 4.74 Å². The highest BCUT2D eigenvalue weighted by atomic mass is 32.2. The predicted molar refractivity (Wildman–Crippen MR) is 180 cm³/mol. The van der Waals surface area contributed by atoms with Crippen molar-refractivity contribution in [2.75, 3.05) is 0 Å². The third-order valence-corrected chi connectivity index (χ3v) is 9.48. The Morgan fingerprint density at radius 2 is 1.65 bits per heavy atom. The Bertz CT molecular complexity index is 1810. The Morgan fingerprint density at radius 1 is 0.957 bits per heavy atom. The number of ether oxygens (including phenoxy) is 1. The van der Waals surface area contributed by atoms with Gasteiger partial charge in [0.1, 0.15) is 12.4 Å². The minimum absolute atomic E-state index is 0.136. The molecule has 240 valence electrons. The molecule has 3 aromatic heterocycles. The molecule has 5 rings (SSSR count). The third-order valence-electron chi connectivity index (χ3n) is 8.21. The van der Waals surface area contributed by atoms with Crippen LogP contribution in [0.15, 0.2) is 72.1 Å². The number of aryl methyl sites for hydroxylation is 1. The van der Waals surface area contributed by atoms with Crippen LogP contribution in [-0.2, 0) is 24.4 Å². The van der Waals surface area contributed by atoms with Gasteiger partial charge in [0, 0.05) is 51.0 Å². The molecule has 2 aromatic carbocycles. The van der Waals surface area contributed by atoms with Gasteiger partial charge >= 0.3 is 5.97 Å². The molecule has 0 fully saturated rings. The van der Waals surface area contributed by atoms with E-state index >= 15 is 0 Å². The summed E-state index contributed by atoms with van der Waals surface area (Å²) < 4.78 is 21.7. The number of carboxylic acids is 1. The molecule has 5 aromatic rings. The summed E-state index contributed by atoms with van der Waals surface area (Å²) in [4.78, 5) is 30.8. The van der Waals surface area contributed by atoms with Crippen LogP contribution in [-0.4, -0.2) is 40.3 Å². The lowest BCUT2D eigenvalue weighted by molar-refractivity contribution is -0.149. The smallest absolute Gasteiger partial charge is 0.310 e. The summed E-state index contributed by atoms with van der Waals surface area (Å²) in [5.41, 5.74) is 4.48. The molecule has 46 heavy (non-hydrogen) atoms. The molecule has 3 heterocycles. The number of nitrogens with zero attached hydrogens (tertiary/aromatic N) is 5. The van der Waals surface area contributed by atoms with Crippen molar-refractivity contribution in [1.82, 2.24) is 24.5 Å². The average Bonchev–Trinajstić information content (AvgIpc) is 3.29. The highest BCUT2D eigenvalue weighted by molar-refractivity contribution is 8.00. The van der Waals surface area contributed by atoms with Gasteiger partial charge < -0.3 is 14.4 Å². The molecular weight excluding hydrogens is 601 g/mol. The number of benzene rings is 2. The van der Waals surface area contributed by atoms with Gasteiger partial charge in [-0.25, -0.2) is 14.4 Å². The Balaban J connectivity index is 1.61. The van der Waals surface area contributed by atoms with Gasteiger partial charge in [0.25, 0.3) is 0 Å². The number of hydrogen-bond donors (Lipinski definition) is 1. The molecule has 0 spiro atoms. The van der Waals surface area contributed by atoms with Crippen LogP contribution in [0, 0.1) is 18.2 Å². The minimum Gasteiger partial charge on any atom is -0.487 e. The molecule has 0 bridgehead atoms. The van der Waals surface area contributed by atoms with Crippen LogP contribution in [0.5, 0.6) is 5.75 Å². The van der Waals surface area contributed by atoms with Crippen molar-refractivity contribution in [3.8, 4) is 17.1 Å². The minimum atomic E-state index is -0.910.